The van der Waals surface area contributed by atoms with Crippen LogP contribution in [0.1, 0.15) is 21.6 Å². The molecule has 0 radical (unpaired) electrons. The Bertz CT molecular complexity index is 1130. The van der Waals surface area contributed by atoms with E-state index in [0.29, 0.717) is 22.5 Å². The zero-order chi connectivity index (χ0) is 22.2. The number of carbonyl (C=O) groups excluding carboxylic acids is 2. The van der Waals surface area contributed by atoms with Gasteiger partial charge in [0.15, 0.2) is 0 Å². The van der Waals surface area contributed by atoms with Gasteiger partial charge < -0.3 is 14.6 Å². The molecule has 0 amide bonds. The Morgan fingerprint density at radius 1 is 1.10 bits per heavy atom. The second-order valence-electron chi connectivity index (χ2n) is 6.88. The van der Waals surface area contributed by atoms with Crippen molar-refractivity contribution in [1.29, 1.82) is 0 Å². The van der Waals surface area contributed by atoms with E-state index in [1.54, 1.807) is 29.9 Å². The summed E-state index contributed by atoms with van der Waals surface area (Å²) in [6.45, 7) is 1.79. The number of hydrogen-bond acceptors (Lipinski definition) is 5. The van der Waals surface area contributed by atoms with E-state index in [0.717, 1.165) is 10.9 Å². The van der Waals surface area contributed by atoms with Crippen LogP contribution in [0.2, 0.25) is 0 Å². The van der Waals surface area contributed by atoms with Gasteiger partial charge in [0.25, 0.3) is 5.91 Å². The van der Waals surface area contributed by atoms with Gasteiger partial charge in [0.1, 0.15) is 12.4 Å². The highest BCUT2D eigenvalue weighted by molar-refractivity contribution is 6.03. The predicted molar refractivity (Wildman–Crippen MR) is 120 cm³/mol. The molecular formula is C25H25NO5. The van der Waals surface area contributed by atoms with Crippen molar-refractivity contribution in [1.82, 2.24) is 4.57 Å². The molecule has 31 heavy (non-hydrogen) atoms. The van der Waals surface area contributed by atoms with Crippen molar-refractivity contribution in [3.8, 4) is 5.75 Å². The first kappa shape index (κ1) is 22.1. The molecule has 1 heterocycles. The van der Waals surface area contributed by atoms with Gasteiger partial charge in [-0.2, -0.15) is 0 Å². The molecule has 3 aromatic rings. The number of aromatic nitrogens is 1. The molecule has 0 spiro atoms. The fourth-order valence-electron chi connectivity index (χ4n) is 3.38. The van der Waals surface area contributed by atoms with E-state index >= 15 is 0 Å². The average molecular weight is 419 g/mol. The number of benzene rings is 2. The van der Waals surface area contributed by atoms with Gasteiger partial charge in [-0.3, -0.25) is 14.2 Å². The second kappa shape index (κ2) is 10.4. The minimum absolute atomic E-state index is 0.0190. The number of fused-ring (bicyclic) bond motifs is 1. The van der Waals surface area contributed by atoms with Crippen molar-refractivity contribution in [3.05, 3.63) is 83.6 Å². The Hall–Kier alpha value is -3.64. The SMILES string of the molecule is COc1ccc2c(c1)c(CC(=O)OCC=CCO)c(C)n2C(=O)C=Cc1ccccc1. The fourth-order valence-corrected chi connectivity index (χ4v) is 3.38. The van der Waals surface area contributed by atoms with Crippen molar-refractivity contribution < 1.29 is 24.2 Å². The van der Waals surface area contributed by atoms with Crippen LogP contribution in [0, 0.1) is 6.92 Å². The molecule has 6 heteroatoms. The molecule has 0 saturated heterocycles. The first-order valence-electron chi connectivity index (χ1n) is 9.92. The van der Waals surface area contributed by atoms with Gasteiger partial charge >= 0.3 is 5.97 Å². The zero-order valence-corrected chi connectivity index (χ0v) is 17.6. The highest BCUT2D eigenvalue weighted by atomic mass is 16.5. The monoisotopic (exact) mass is 419 g/mol. The highest BCUT2D eigenvalue weighted by Crippen LogP contribution is 2.30. The molecule has 2 aromatic carbocycles. The van der Waals surface area contributed by atoms with E-state index in [2.05, 4.69) is 0 Å². The standard InChI is InChI=1S/C25H25NO5/c1-18-21(17-25(29)31-15-7-6-14-27)22-16-20(30-2)11-12-23(22)26(18)24(28)13-10-19-8-4-3-5-9-19/h3-13,16,27H,14-15,17H2,1-2H3. The summed E-state index contributed by atoms with van der Waals surface area (Å²) < 4.78 is 12.1. The summed E-state index contributed by atoms with van der Waals surface area (Å²) in [5.74, 6) is 0.0132. The lowest BCUT2D eigenvalue weighted by Gasteiger charge is -2.05. The normalized spacial score (nSPS) is 11.5. The summed E-state index contributed by atoms with van der Waals surface area (Å²) >= 11 is 0. The number of rotatable bonds is 8. The highest BCUT2D eigenvalue weighted by Gasteiger charge is 2.20. The second-order valence-corrected chi connectivity index (χ2v) is 6.88. The zero-order valence-electron chi connectivity index (χ0n) is 17.6. The molecule has 1 N–H and O–H groups in total. The minimum atomic E-state index is -0.417. The van der Waals surface area contributed by atoms with Gasteiger partial charge in [0.2, 0.25) is 0 Å². The van der Waals surface area contributed by atoms with E-state index in [1.165, 1.54) is 12.2 Å². The Labute approximate surface area is 181 Å². The van der Waals surface area contributed by atoms with Gasteiger partial charge in [0, 0.05) is 17.2 Å². The third-order valence-electron chi connectivity index (χ3n) is 4.91. The molecule has 160 valence electrons. The molecule has 0 aliphatic heterocycles. The smallest absolute Gasteiger partial charge is 0.310 e. The van der Waals surface area contributed by atoms with Crippen LogP contribution in [-0.4, -0.2) is 41.9 Å². The number of aliphatic hydroxyl groups is 1. The molecule has 1 aromatic heterocycles. The molecule has 0 aliphatic rings. The van der Waals surface area contributed by atoms with E-state index in [1.807, 2.05) is 49.4 Å². The van der Waals surface area contributed by atoms with E-state index in [9.17, 15) is 9.59 Å². The third kappa shape index (κ3) is 5.29. The Morgan fingerprint density at radius 3 is 2.58 bits per heavy atom. The fraction of sp³-hybridized carbons (Fsp3) is 0.200. The largest absolute Gasteiger partial charge is 0.497 e. The van der Waals surface area contributed by atoms with Crippen LogP contribution in [0.25, 0.3) is 17.0 Å². The predicted octanol–water partition coefficient (Wildman–Crippen LogP) is 3.95. The van der Waals surface area contributed by atoms with Crippen LogP contribution in [0.5, 0.6) is 5.75 Å². The van der Waals surface area contributed by atoms with Crippen LogP contribution < -0.4 is 4.74 Å². The van der Waals surface area contributed by atoms with Crippen molar-refractivity contribution in [2.75, 3.05) is 20.3 Å². The summed E-state index contributed by atoms with van der Waals surface area (Å²) in [5, 5.41) is 9.53. The molecule has 0 unspecified atom stereocenters. The number of hydrogen-bond donors (Lipinski definition) is 1. The number of allylic oxidation sites excluding steroid dienone is 1. The van der Waals surface area contributed by atoms with Gasteiger partial charge in [-0.1, -0.05) is 36.4 Å². The molecule has 0 bridgehead atoms. The first-order chi connectivity index (χ1) is 15.0. The number of esters is 1. The average Bonchev–Trinajstić information content (AvgIpc) is 3.06. The molecular weight excluding hydrogens is 394 g/mol. The summed E-state index contributed by atoms with van der Waals surface area (Å²) in [4.78, 5) is 25.4. The number of nitrogens with zero attached hydrogens (tertiary/aromatic N) is 1. The number of methoxy groups -OCH3 is 1. The summed E-state index contributed by atoms with van der Waals surface area (Å²) in [6, 6.07) is 15.0. The summed E-state index contributed by atoms with van der Waals surface area (Å²) in [5.41, 5.74) is 3.01. The maximum absolute atomic E-state index is 13.0. The molecule has 0 saturated carbocycles. The topological polar surface area (TPSA) is 77.8 Å². The lowest BCUT2D eigenvalue weighted by molar-refractivity contribution is -0.141. The van der Waals surface area contributed by atoms with Crippen LogP contribution in [0.3, 0.4) is 0 Å². The maximum atomic E-state index is 13.0. The van der Waals surface area contributed by atoms with Gasteiger partial charge in [-0.05, 0) is 48.4 Å². The number of carbonyl (C=O) groups is 2. The quantitative estimate of drug-likeness (QED) is 0.340. The molecule has 0 fully saturated rings. The van der Waals surface area contributed by atoms with Crippen LogP contribution >= 0.6 is 0 Å². The van der Waals surface area contributed by atoms with Crippen molar-refractivity contribution >= 4 is 28.9 Å². The Morgan fingerprint density at radius 2 is 1.87 bits per heavy atom. The summed E-state index contributed by atoms with van der Waals surface area (Å²) in [7, 11) is 1.57. The lowest BCUT2D eigenvalue weighted by atomic mass is 10.1. The van der Waals surface area contributed by atoms with Crippen molar-refractivity contribution in [2.45, 2.75) is 13.3 Å². The van der Waals surface area contributed by atoms with Crippen LogP contribution in [-0.2, 0) is 16.0 Å². The van der Waals surface area contributed by atoms with E-state index in [-0.39, 0.29) is 25.5 Å². The first-order valence-corrected chi connectivity index (χ1v) is 9.92. The Kier molecular flexibility index (Phi) is 7.40. The molecule has 6 nitrogen and oxygen atoms in total. The van der Waals surface area contributed by atoms with Crippen molar-refractivity contribution in [3.63, 3.8) is 0 Å². The molecule has 0 aliphatic carbocycles. The summed E-state index contributed by atoms with van der Waals surface area (Å²) in [6.07, 6.45) is 6.39. The molecule has 3 rings (SSSR count). The van der Waals surface area contributed by atoms with Gasteiger partial charge in [0.05, 0.1) is 25.7 Å². The number of aliphatic hydroxyl groups excluding tert-OH is 1. The lowest BCUT2D eigenvalue weighted by Crippen LogP contribution is -2.12. The third-order valence-corrected chi connectivity index (χ3v) is 4.91. The van der Waals surface area contributed by atoms with E-state index in [4.69, 9.17) is 14.6 Å². The minimum Gasteiger partial charge on any atom is -0.497 e. The van der Waals surface area contributed by atoms with E-state index < -0.39 is 5.97 Å². The van der Waals surface area contributed by atoms with Gasteiger partial charge in [-0.15, -0.1) is 0 Å². The van der Waals surface area contributed by atoms with Crippen molar-refractivity contribution in [2.24, 2.45) is 0 Å². The van der Waals surface area contributed by atoms with Crippen LogP contribution in [0.15, 0.2) is 66.8 Å². The maximum Gasteiger partial charge on any atom is 0.310 e. The number of ether oxygens (including phenoxy) is 2. The van der Waals surface area contributed by atoms with Crippen LogP contribution in [0.4, 0.5) is 0 Å². The van der Waals surface area contributed by atoms with Gasteiger partial charge in [-0.25, -0.2) is 0 Å². The molecule has 0 atom stereocenters. The Balaban J connectivity index is 1.95.